The summed E-state index contributed by atoms with van der Waals surface area (Å²) in [6.45, 7) is 21.3. The van der Waals surface area contributed by atoms with Gasteiger partial charge in [0.1, 0.15) is 12.5 Å². The molecule has 0 spiro atoms. The van der Waals surface area contributed by atoms with Crippen molar-refractivity contribution in [2.45, 2.75) is 78.6 Å². The molecule has 1 aromatic heterocycles. The lowest BCUT2D eigenvalue weighted by molar-refractivity contribution is 0.587. The first-order valence-corrected chi connectivity index (χ1v) is 37.5. The fourth-order valence-electron chi connectivity index (χ4n) is 15.7. The average molecular weight is 1380 g/mol. The van der Waals surface area contributed by atoms with Gasteiger partial charge in [0.2, 0.25) is 0 Å². The lowest BCUT2D eigenvalue weighted by atomic mass is 9.81. The van der Waals surface area contributed by atoms with Crippen LogP contribution in [0.2, 0.25) is 0 Å². The molecule has 0 fully saturated rings. The van der Waals surface area contributed by atoms with E-state index in [0.717, 1.165) is 118 Å². The summed E-state index contributed by atoms with van der Waals surface area (Å²) in [5.74, 6) is 0.846. The van der Waals surface area contributed by atoms with Gasteiger partial charge in [-0.2, -0.15) is 0 Å². The Kier molecular flexibility index (Phi) is 17.4. The summed E-state index contributed by atoms with van der Waals surface area (Å²) in [7, 11) is 0. The minimum Gasteiger partial charge on any atom is -0.321 e. The van der Waals surface area contributed by atoms with E-state index < -0.39 is 0 Å². The number of para-hydroxylation sites is 2. The quantitative estimate of drug-likeness (QED) is 0.115. The largest absolute Gasteiger partial charge is 0.321 e. The zero-order valence-corrected chi connectivity index (χ0v) is 62.4. The van der Waals surface area contributed by atoms with Crippen LogP contribution in [-0.4, -0.2) is 11.7 Å². The highest BCUT2D eigenvalue weighted by molar-refractivity contribution is 6.05. The Morgan fingerprint density at radius 3 is 1.21 bits per heavy atom. The molecule has 0 bridgehead atoms. The van der Waals surface area contributed by atoms with E-state index in [-0.39, 0.29) is 16.2 Å². The van der Waals surface area contributed by atoms with Crippen LogP contribution in [0.25, 0.3) is 100 Å². The van der Waals surface area contributed by atoms with Crippen molar-refractivity contribution < 1.29 is 0 Å². The molecule has 107 heavy (non-hydrogen) atoms. The van der Waals surface area contributed by atoms with Crippen LogP contribution in [0.4, 0.5) is 57.0 Å². The van der Waals surface area contributed by atoms with E-state index in [4.69, 9.17) is 4.98 Å². The zero-order valence-electron chi connectivity index (χ0n) is 62.4. The fraction of sp³-hybridized carbons (Fsp3) is 0.127. The van der Waals surface area contributed by atoms with Gasteiger partial charge in [-0.1, -0.05) is 299 Å². The van der Waals surface area contributed by atoms with Gasteiger partial charge in [-0.25, -0.2) is 4.98 Å². The number of pyridine rings is 1. The second-order valence-electron chi connectivity index (χ2n) is 31.7. The normalized spacial score (nSPS) is 12.6. The minimum atomic E-state index is -0.205. The van der Waals surface area contributed by atoms with E-state index in [0.29, 0.717) is 6.67 Å². The average Bonchev–Trinajstić information content (AvgIpc) is 1.61. The van der Waals surface area contributed by atoms with Crippen LogP contribution in [-0.2, 0) is 16.2 Å². The second-order valence-corrected chi connectivity index (χ2v) is 31.7. The molecule has 15 aromatic rings. The molecule has 17 rings (SSSR count). The first-order valence-electron chi connectivity index (χ1n) is 37.5. The predicted molar refractivity (Wildman–Crippen MR) is 454 cm³/mol. The predicted octanol–water partition coefficient (Wildman–Crippen LogP) is 28.5. The molecule has 0 amide bonds. The van der Waals surface area contributed by atoms with E-state index in [2.05, 4.69) is 434 Å². The summed E-state index contributed by atoms with van der Waals surface area (Å²) in [5, 5.41) is 0. The highest BCUT2D eigenvalue weighted by Gasteiger charge is 2.36. The first-order chi connectivity index (χ1) is 51.9. The number of rotatable bonds is 13. The monoisotopic (exact) mass is 1380 g/mol. The SMILES string of the molecule is CC(C)(C)c1ccc(N2c3ccccc3-c3ccccc3-c3ccc(N(c4ccccc4)c4cc(-c5cc(-c6ccccc6)cc(-c6ccccc6)c5)cc(N5CN(c6c(-c7cccc(-c8ccccc8)c7)cc(C(C)(C)C)cc6-c6cccc(-c7ccccc7)c6)c6cc(C(C)(C)C)ccc65)c4)cc32)nc1. The third-order valence-electron chi connectivity index (χ3n) is 21.5. The smallest absolute Gasteiger partial charge is 0.137 e. The van der Waals surface area contributed by atoms with Gasteiger partial charge in [0.05, 0.1) is 28.4 Å². The van der Waals surface area contributed by atoms with Crippen molar-refractivity contribution >= 4 is 57.0 Å². The van der Waals surface area contributed by atoms with Crippen molar-refractivity contribution in [3.8, 4) is 100 Å². The molecule has 0 radical (unpaired) electrons. The van der Waals surface area contributed by atoms with Gasteiger partial charge in [-0.05, 0) is 220 Å². The summed E-state index contributed by atoms with van der Waals surface area (Å²) < 4.78 is 0. The van der Waals surface area contributed by atoms with Crippen LogP contribution in [0.15, 0.2) is 352 Å². The maximum absolute atomic E-state index is 5.38. The molecule has 2 aliphatic rings. The van der Waals surface area contributed by atoms with E-state index in [1.54, 1.807) is 0 Å². The van der Waals surface area contributed by atoms with Gasteiger partial charge in [0, 0.05) is 51.2 Å². The lowest BCUT2D eigenvalue weighted by Crippen LogP contribution is -2.25. The Morgan fingerprint density at radius 1 is 0.252 bits per heavy atom. The van der Waals surface area contributed by atoms with Crippen LogP contribution in [0, 0.1) is 0 Å². The summed E-state index contributed by atoms with van der Waals surface area (Å²) in [5.41, 5.74) is 33.5. The van der Waals surface area contributed by atoms with Crippen LogP contribution < -0.4 is 19.6 Å². The molecule has 0 atom stereocenters. The van der Waals surface area contributed by atoms with E-state index in [1.165, 1.54) is 55.6 Å². The number of benzene rings is 14. The molecule has 0 saturated carbocycles. The van der Waals surface area contributed by atoms with Gasteiger partial charge in [-0.15, -0.1) is 0 Å². The second kappa shape index (κ2) is 27.5. The Hall–Kier alpha value is -12.6. The van der Waals surface area contributed by atoms with Crippen LogP contribution in [0.1, 0.15) is 79.0 Å². The fourth-order valence-corrected chi connectivity index (χ4v) is 15.7. The molecule has 5 heteroatoms. The van der Waals surface area contributed by atoms with Crippen molar-refractivity contribution in [2.24, 2.45) is 0 Å². The molecule has 2 aliphatic heterocycles. The molecule has 0 saturated heterocycles. The molecule has 0 aliphatic carbocycles. The van der Waals surface area contributed by atoms with Gasteiger partial charge >= 0.3 is 0 Å². The summed E-state index contributed by atoms with van der Waals surface area (Å²) >= 11 is 0. The van der Waals surface area contributed by atoms with Crippen molar-refractivity contribution in [1.82, 2.24) is 4.98 Å². The van der Waals surface area contributed by atoms with Crippen molar-refractivity contribution in [1.29, 1.82) is 0 Å². The number of anilines is 10. The molecule has 3 heterocycles. The summed E-state index contributed by atoms with van der Waals surface area (Å²) in [6.07, 6.45) is 2.07. The highest BCUT2D eigenvalue weighted by atomic mass is 15.4. The van der Waals surface area contributed by atoms with E-state index in [9.17, 15) is 0 Å². The molecule has 0 unspecified atom stereocenters. The van der Waals surface area contributed by atoms with Crippen LogP contribution in [0.3, 0.4) is 0 Å². The van der Waals surface area contributed by atoms with E-state index in [1.807, 2.05) is 0 Å². The third-order valence-corrected chi connectivity index (χ3v) is 21.5. The number of nitrogens with zero attached hydrogens (tertiary/aromatic N) is 5. The Morgan fingerprint density at radius 2 is 0.692 bits per heavy atom. The highest BCUT2D eigenvalue weighted by Crippen LogP contribution is 2.56. The van der Waals surface area contributed by atoms with Crippen LogP contribution >= 0.6 is 0 Å². The molecule has 14 aromatic carbocycles. The minimum absolute atomic E-state index is 0.0851. The number of aromatic nitrogens is 1. The van der Waals surface area contributed by atoms with Gasteiger partial charge in [0.15, 0.2) is 0 Å². The molecular weight excluding hydrogens is 1300 g/mol. The van der Waals surface area contributed by atoms with Crippen molar-refractivity contribution in [3.05, 3.63) is 369 Å². The Labute approximate surface area is 631 Å². The molecule has 520 valence electrons. The maximum atomic E-state index is 5.38. The molecule has 5 nitrogen and oxygen atoms in total. The lowest BCUT2D eigenvalue weighted by Gasteiger charge is -2.32. The summed E-state index contributed by atoms with van der Waals surface area (Å²) in [4.78, 5) is 15.5. The van der Waals surface area contributed by atoms with Gasteiger partial charge in [-0.3, -0.25) is 4.90 Å². The first kappa shape index (κ1) is 67.6. The Balaban J connectivity index is 0.932. The van der Waals surface area contributed by atoms with Gasteiger partial charge in [0.25, 0.3) is 0 Å². The zero-order chi connectivity index (χ0) is 73.1. The van der Waals surface area contributed by atoms with Gasteiger partial charge < -0.3 is 14.7 Å². The number of hydrogen-bond acceptors (Lipinski definition) is 5. The molecular formula is C102H87N5. The topological polar surface area (TPSA) is 25.9 Å². The number of fused-ring (bicyclic) bond motifs is 6. The van der Waals surface area contributed by atoms with Crippen LogP contribution in [0.5, 0.6) is 0 Å². The summed E-state index contributed by atoms with van der Waals surface area (Å²) in [6, 6.07) is 129. The van der Waals surface area contributed by atoms with E-state index >= 15 is 0 Å². The van der Waals surface area contributed by atoms with Crippen molar-refractivity contribution in [2.75, 3.05) is 26.3 Å². The molecule has 0 N–H and O–H groups in total. The maximum Gasteiger partial charge on any atom is 0.137 e. The number of hydrogen-bond donors (Lipinski definition) is 0. The Bertz CT molecular complexity index is 5630. The standard InChI is InChI=1S/C102H87N5/c1-100(2,3)81-49-53-95-97(64-81)105(99-92(75-41-29-39-73(55-75)69-31-15-10-16-32-69)62-83(102(7,8)9)63-93(99)76-42-30-40-74(56-76)70-33-17-11-18-34-70)68-104(95)86-60-80(79-58-77(71-35-19-12-20-36-71)57-78(59-79)72-37-21-13-22-38-72)61-87(65-86)106(84-43-23-14-24-44-84)85-51-52-91-89-46-26-25-45-88(89)90-47-27-28-48-94(90)107(96(91)66-85)98-54-50-82(67-103-98)101(4,5)6/h10-67H,68H2,1-9H3. The van der Waals surface area contributed by atoms with Crippen molar-refractivity contribution in [3.63, 3.8) is 0 Å². The third kappa shape index (κ3) is 13.2.